The largest absolute Gasteiger partial charge is 0.444 e. The van der Waals surface area contributed by atoms with Crippen LogP contribution in [0.4, 0.5) is 10.5 Å². The SMILES string of the molecule is CC(C)c1cnc(-c2ccc(NC(=O)C(NC(=O)OC(C)(C)C)C(C)C)cc2)o1. The van der Waals surface area contributed by atoms with Crippen molar-refractivity contribution in [3.8, 4) is 11.5 Å². The monoisotopic (exact) mass is 401 g/mol. The first kappa shape index (κ1) is 22.5. The Hall–Kier alpha value is -2.83. The van der Waals surface area contributed by atoms with Crippen LogP contribution in [0.5, 0.6) is 0 Å². The third-order valence-electron chi connectivity index (χ3n) is 4.11. The van der Waals surface area contributed by atoms with E-state index in [2.05, 4.69) is 15.6 Å². The second-order valence-electron chi connectivity index (χ2n) is 8.66. The number of ether oxygens (including phenoxy) is 1. The highest BCUT2D eigenvalue weighted by atomic mass is 16.6. The Bertz CT molecular complexity index is 832. The lowest BCUT2D eigenvalue weighted by molar-refractivity contribution is -0.119. The summed E-state index contributed by atoms with van der Waals surface area (Å²) in [6, 6.07) is 6.49. The Balaban J connectivity index is 2.04. The molecule has 2 N–H and O–H groups in total. The third kappa shape index (κ3) is 6.62. The number of benzene rings is 1. The van der Waals surface area contributed by atoms with Crippen LogP contribution in [-0.2, 0) is 9.53 Å². The van der Waals surface area contributed by atoms with Gasteiger partial charge in [0.15, 0.2) is 0 Å². The molecule has 0 fully saturated rings. The van der Waals surface area contributed by atoms with Gasteiger partial charge in [-0.25, -0.2) is 9.78 Å². The molecule has 0 saturated heterocycles. The van der Waals surface area contributed by atoms with Gasteiger partial charge in [-0.05, 0) is 51.0 Å². The third-order valence-corrected chi connectivity index (χ3v) is 4.11. The van der Waals surface area contributed by atoms with Crippen LogP contribution in [0.3, 0.4) is 0 Å². The number of hydrogen-bond donors (Lipinski definition) is 2. The van der Waals surface area contributed by atoms with E-state index in [1.165, 1.54) is 0 Å². The van der Waals surface area contributed by atoms with Gasteiger partial charge in [0, 0.05) is 17.2 Å². The van der Waals surface area contributed by atoms with Crippen LogP contribution in [0.1, 0.15) is 60.1 Å². The minimum atomic E-state index is -0.718. The van der Waals surface area contributed by atoms with Crippen molar-refractivity contribution in [3.05, 3.63) is 36.2 Å². The van der Waals surface area contributed by atoms with Crippen molar-refractivity contribution in [2.45, 2.75) is 66.0 Å². The van der Waals surface area contributed by atoms with Crippen LogP contribution in [0.25, 0.3) is 11.5 Å². The second kappa shape index (κ2) is 9.11. The van der Waals surface area contributed by atoms with Gasteiger partial charge in [0.1, 0.15) is 17.4 Å². The van der Waals surface area contributed by atoms with Crippen molar-refractivity contribution in [1.29, 1.82) is 0 Å². The highest BCUT2D eigenvalue weighted by Crippen LogP contribution is 2.24. The van der Waals surface area contributed by atoms with Gasteiger partial charge in [0.2, 0.25) is 11.8 Å². The Morgan fingerprint density at radius 1 is 1.07 bits per heavy atom. The average Bonchev–Trinajstić information content (AvgIpc) is 3.09. The van der Waals surface area contributed by atoms with Gasteiger partial charge >= 0.3 is 6.09 Å². The van der Waals surface area contributed by atoms with Crippen molar-refractivity contribution < 1.29 is 18.7 Å². The molecule has 1 aromatic heterocycles. The predicted molar refractivity (Wildman–Crippen MR) is 113 cm³/mol. The molecular formula is C22H31N3O4. The summed E-state index contributed by atoms with van der Waals surface area (Å²) in [5.74, 6) is 1.21. The summed E-state index contributed by atoms with van der Waals surface area (Å²) in [5, 5.41) is 5.48. The van der Waals surface area contributed by atoms with Crippen LogP contribution in [-0.4, -0.2) is 28.6 Å². The van der Waals surface area contributed by atoms with E-state index in [9.17, 15) is 9.59 Å². The fourth-order valence-electron chi connectivity index (χ4n) is 2.57. The molecule has 0 radical (unpaired) electrons. The number of oxazole rings is 1. The minimum absolute atomic E-state index is 0.108. The summed E-state index contributed by atoms with van der Waals surface area (Å²) in [5.41, 5.74) is 0.806. The number of aromatic nitrogens is 1. The van der Waals surface area contributed by atoms with Gasteiger partial charge in [0.05, 0.1) is 6.20 Å². The number of alkyl carbamates (subject to hydrolysis) is 1. The molecule has 2 rings (SSSR count). The molecule has 158 valence electrons. The highest BCUT2D eigenvalue weighted by molar-refractivity contribution is 5.96. The molecule has 2 aromatic rings. The summed E-state index contributed by atoms with van der Waals surface area (Å²) in [4.78, 5) is 29.0. The van der Waals surface area contributed by atoms with Gasteiger partial charge in [-0.3, -0.25) is 4.79 Å². The lowest BCUT2D eigenvalue weighted by Crippen LogP contribution is -2.48. The molecule has 1 atom stereocenters. The maximum atomic E-state index is 12.7. The van der Waals surface area contributed by atoms with E-state index in [0.29, 0.717) is 11.6 Å². The van der Waals surface area contributed by atoms with E-state index >= 15 is 0 Å². The van der Waals surface area contributed by atoms with Gasteiger partial charge in [-0.1, -0.05) is 27.7 Å². The van der Waals surface area contributed by atoms with Crippen LogP contribution in [0.2, 0.25) is 0 Å². The molecule has 7 heteroatoms. The molecule has 0 saturated carbocycles. The Kier molecular flexibility index (Phi) is 7.06. The summed E-state index contributed by atoms with van der Waals surface area (Å²) in [6.45, 7) is 13.1. The first-order valence-corrected chi connectivity index (χ1v) is 9.83. The molecule has 0 aliphatic carbocycles. The van der Waals surface area contributed by atoms with Crippen LogP contribution >= 0.6 is 0 Å². The van der Waals surface area contributed by atoms with E-state index in [4.69, 9.17) is 9.15 Å². The number of carbonyl (C=O) groups excluding carboxylic acids is 2. The molecule has 1 unspecified atom stereocenters. The topological polar surface area (TPSA) is 93.5 Å². The molecule has 0 bridgehead atoms. The molecular weight excluding hydrogens is 370 g/mol. The standard InChI is InChI=1S/C22H31N3O4/c1-13(2)17-12-23-20(28-17)15-8-10-16(11-9-15)24-19(26)18(14(3)4)25-21(27)29-22(5,6)7/h8-14,18H,1-7H3,(H,24,26)(H,25,27). The number of nitrogens with one attached hydrogen (secondary N) is 2. The van der Waals surface area contributed by atoms with Crippen LogP contribution in [0.15, 0.2) is 34.9 Å². The number of nitrogens with zero attached hydrogens (tertiary/aromatic N) is 1. The first-order valence-electron chi connectivity index (χ1n) is 9.83. The second-order valence-corrected chi connectivity index (χ2v) is 8.66. The van der Waals surface area contributed by atoms with E-state index in [1.54, 1.807) is 39.1 Å². The van der Waals surface area contributed by atoms with Crippen molar-refractivity contribution >= 4 is 17.7 Å². The fraction of sp³-hybridized carbons (Fsp3) is 0.500. The summed E-state index contributed by atoms with van der Waals surface area (Å²) >= 11 is 0. The Labute approximate surface area is 172 Å². The van der Waals surface area contributed by atoms with Gasteiger partial charge in [0.25, 0.3) is 0 Å². The molecule has 1 heterocycles. The fourth-order valence-corrected chi connectivity index (χ4v) is 2.57. The van der Waals surface area contributed by atoms with Crippen molar-refractivity contribution in [2.75, 3.05) is 5.32 Å². The van der Waals surface area contributed by atoms with Crippen LogP contribution in [0, 0.1) is 5.92 Å². The maximum absolute atomic E-state index is 12.7. The summed E-state index contributed by atoms with van der Waals surface area (Å²) in [6.07, 6.45) is 1.11. The highest BCUT2D eigenvalue weighted by Gasteiger charge is 2.27. The maximum Gasteiger partial charge on any atom is 0.408 e. The summed E-state index contributed by atoms with van der Waals surface area (Å²) in [7, 11) is 0. The molecule has 0 aliphatic heterocycles. The Morgan fingerprint density at radius 2 is 1.69 bits per heavy atom. The van der Waals surface area contributed by atoms with Crippen molar-refractivity contribution in [3.63, 3.8) is 0 Å². The van der Waals surface area contributed by atoms with E-state index in [0.717, 1.165) is 11.3 Å². The first-order chi connectivity index (χ1) is 13.5. The molecule has 0 aliphatic rings. The minimum Gasteiger partial charge on any atom is -0.444 e. The predicted octanol–water partition coefficient (Wildman–Crippen LogP) is 4.95. The lowest BCUT2D eigenvalue weighted by atomic mass is 10.0. The summed E-state index contributed by atoms with van der Waals surface area (Å²) < 4.78 is 11.0. The van der Waals surface area contributed by atoms with E-state index in [-0.39, 0.29) is 17.7 Å². The quantitative estimate of drug-likeness (QED) is 0.714. The van der Waals surface area contributed by atoms with E-state index < -0.39 is 17.7 Å². The van der Waals surface area contributed by atoms with Gasteiger partial charge in [-0.2, -0.15) is 0 Å². The van der Waals surface area contributed by atoms with Crippen molar-refractivity contribution in [2.24, 2.45) is 5.92 Å². The molecule has 7 nitrogen and oxygen atoms in total. The molecule has 0 spiro atoms. The Morgan fingerprint density at radius 3 is 2.17 bits per heavy atom. The number of anilines is 1. The molecule has 29 heavy (non-hydrogen) atoms. The zero-order valence-electron chi connectivity index (χ0n) is 18.2. The number of amides is 2. The molecule has 2 amide bonds. The number of hydrogen-bond acceptors (Lipinski definition) is 5. The smallest absolute Gasteiger partial charge is 0.408 e. The van der Waals surface area contributed by atoms with Gasteiger partial charge < -0.3 is 19.8 Å². The number of rotatable bonds is 6. The zero-order valence-corrected chi connectivity index (χ0v) is 18.2. The number of carbonyl (C=O) groups is 2. The average molecular weight is 402 g/mol. The van der Waals surface area contributed by atoms with Crippen LogP contribution < -0.4 is 10.6 Å². The normalized spacial score (nSPS) is 12.7. The van der Waals surface area contributed by atoms with E-state index in [1.807, 2.05) is 39.8 Å². The van der Waals surface area contributed by atoms with Crippen molar-refractivity contribution in [1.82, 2.24) is 10.3 Å². The lowest BCUT2D eigenvalue weighted by Gasteiger charge is -2.25. The zero-order chi connectivity index (χ0) is 21.8. The molecule has 1 aromatic carbocycles. The van der Waals surface area contributed by atoms with Gasteiger partial charge in [-0.15, -0.1) is 0 Å².